The van der Waals surface area contributed by atoms with Crippen LogP contribution in [0.25, 0.3) is 0 Å². The summed E-state index contributed by atoms with van der Waals surface area (Å²) in [5.74, 6) is 0. The van der Waals surface area contributed by atoms with Crippen molar-refractivity contribution in [1.29, 1.82) is 0 Å². The molecule has 4 N–H and O–H groups in total. The summed E-state index contributed by atoms with van der Waals surface area (Å²) in [6.07, 6.45) is 0. The monoisotopic (exact) mass is 250 g/mol. The minimum atomic E-state index is -4.67. The third-order valence-corrected chi connectivity index (χ3v) is 0. The summed E-state index contributed by atoms with van der Waals surface area (Å²) < 4.78 is 63.2. The zero-order valence-electron chi connectivity index (χ0n) is 5.35. The van der Waals surface area contributed by atoms with E-state index < -0.39 is 20.8 Å². The Balaban J connectivity index is -0.0000000491. The van der Waals surface area contributed by atoms with Crippen molar-refractivity contribution in [1.82, 2.24) is 0 Å². The first-order valence-corrected chi connectivity index (χ1v) is 4.48. The summed E-state index contributed by atoms with van der Waals surface area (Å²) in [6, 6.07) is 0. The van der Waals surface area contributed by atoms with Crippen LogP contribution in [0.4, 0.5) is 0 Å². The molecule has 0 saturated heterocycles. The van der Waals surface area contributed by atoms with Crippen molar-refractivity contribution in [2.24, 2.45) is 0 Å². The quantitative estimate of drug-likeness (QED) is 0.277. The van der Waals surface area contributed by atoms with Crippen LogP contribution in [0, 0.1) is 0 Å². The molecule has 0 atom stereocenters. The van der Waals surface area contributed by atoms with Crippen molar-refractivity contribution in [3.05, 3.63) is 0 Å². The Labute approximate surface area is 96.6 Å². The van der Waals surface area contributed by atoms with Crippen molar-refractivity contribution in [2.75, 3.05) is 0 Å². The van der Waals surface area contributed by atoms with Crippen LogP contribution >= 0.6 is 0 Å². The molecule has 0 radical (unpaired) electrons. The SMILES string of the molecule is C=O.O=S(=O)(O)O.O=S(=O)(O)O.[NaH]. The normalized spacial score (nSPS) is 9.23. The van der Waals surface area contributed by atoms with Gasteiger partial charge in [0, 0.05) is 0 Å². The van der Waals surface area contributed by atoms with Crippen LogP contribution in [-0.2, 0) is 25.6 Å². The molecule has 0 aliphatic carbocycles. The van der Waals surface area contributed by atoms with Crippen LogP contribution in [0.3, 0.4) is 0 Å². The average Bonchev–Trinajstić information content (AvgIpc) is 1.59. The summed E-state index contributed by atoms with van der Waals surface area (Å²) in [6.45, 7) is 2.00. The molecule has 0 saturated carbocycles. The van der Waals surface area contributed by atoms with Gasteiger partial charge in [-0.3, -0.25) is 18.2 Å². The predicted octanol–water partition coefficient (Wildman–Crippen LogP) is -2.14. The summed E-state index contributed by atoms with van der Waals surface area (Å²) in [7, 11) is -9.33. The van der Waals surface area contributed by atoms with Gasteiger partial charge in [-0.1, -0.05) is 0 Å². The Morgan fingerprint density at radius 2 is 0.692 bits per heavy atom. The third-order valence-electron chi connectivity index (χ3n) is 0. The Morgan fingerprint density at radius 3 is 0.692 bits per heavy atom. The van der Waals surface area contributed by atoms with Crippen molar-refractivity contribution in [3.8, 4) is 0 Å². The van der Waals surface area contributed by atoms with Crippen molar-refractivity contribution in [3.63, 3.8) is 0 Å². The molecule has 0 amide bonds. The first-order chi connectivity index (χ1) is 5.00. The minimum absolute atomic E-state index is 0. The number of hydrogen-bond acceptors (Lipinski definition) is 5. The van der Waals surface area contributed by atoms with E-state index in [1.807, 2.05) is 6.79 Å². The van der Waals surface area contributed by atoms with Gasteiger partial charge in [-0.05, 0) is 0 Å². The van der Waals surface area contributed by atoms with Crippen LogP contribution in [0.1, 0.15) is 0 Å². The standard InChI is InChI=1S/CH2O.Na.2H2O4S.H/c1-2;;2*1-5(2,3)4;/h1H2;;2*(H2,1,2,3,4);. The molecular formula is CH7NaO9S2. The van der Waals surface area contributed by atoms with E-state index in [-0.39, 0.29) is 29.6 Å². The van der Waals surface area contributed by atoms with Gasteiger partial charge in [0.2, 0.25) is 0 Å². The van der Waals surface area contributed by atoms with Gasteiger partial charge in [0.1, 0.15) is 6.79 Å². The molecule has 13 heavy (non-hydrogen) atoms. The van der Waals surface area contributed by atoms with Gasteiger partial charge in [-0.15, -0.1) is 0 Å². The van der Waals surface area contributed by atoms with Gasteiger partial charge in [0.05, 0.1) is 0 Å². The Morgan fingerprint density at radius 1 is 0.692 bits per heavy atom. The van der Waals surface area contributed by atoms with E-state index in [9.17, 15) is 0 Å². The molecule has 0 fully saturated rings. The van der Waals surface area contributed by atoms with Gasteiger partial charge in [-0.25, -0.2) is 0 Å². The molecule has 0 aliphatic rings. The van der Waals surface area contributed by atoms with Crippen LogP contribution in [-0.4, -0.2) is 71.4 Å². The van der Waals surface area contributed by atoms with Gasteiger partial charge in [-0.2, -0.15) is 16.8 Å². The maximum absolute atomic E-state index is 8.74. The van der Waals surface area contributed by atoms with E-state index in [4.69, 9.17) is 39.8 Å². The van der Waals surface area contributed by atoms with E-state index in [0.717, 1.165) is 0 Å². The molecule has 0 heterocycles. The Hall–Kier alpha value is 0.410. The van der Waals surface area contributed by atoms with E-state index in [1.54, 1.807) is 0 Å². The van der Waals surface area contributed by atoms with Crippen molar-refractivity contribution in [2.45, 2.75) is 0 Å². The second-order valence-corrected chi connectivity index (χ2v) is 2.69. The molecule has 0 aromatic rings. The fraction of sp³-hybridized carbons (Fsp3) is 0. The first-order valence-electron chi connectivity index (χ1n) is 1.69. The van der Waals surface area contributed by atoms with Crippen LogP contribution in [0.2, 0.25) is 0 Å². The molecule has 0 aromatic heterocycles. The van der Waals surface area contributed by atoms with E-state index in [0.29, 0.717) is 0 Å². The Bertz CT molecular complexity index is 227. The van der Waals surface area contributed by atoms with Crippen molar-refractivity contribution >= 4 is 57.1 Å². The maximum atomic E-state index is 8.74. The van der Waals surface area contributed by atoms with Crippen LogP contribution in [0.5, 0.6) is 0 Å². The van der Waals surface area contributed by atoms with Crippen LogP contribution < -0.4 is 0 Å². The number of carbonyl (C=O) groups excluding carboxylic acids is 1. The molecule has 12 heteroatoms. The summed E-state index contributed by atoms with van der Waals surface area (Å²) in [5.41, 5.74) is 0. The fourth-order valence-corrected chi connectivity index (χ4v) is 0. The van der Waals surface area contributed by atoms with E-state index in [1.165, 1.54) is 0 Å². The molecule has 0 bridgehead atoms. The molecule has 9 nitrogen and oxygen atoms in total. The Kier molecular flexibility index (Phi) is 18.8. The molecule has 78 valence electrons. The molecule has 0 aliphatic heterocycles. The predicted molar refractivity (Wildman–Crippen MR) is 42.6 cm³/mol. The molecular weight excluding hydrogens is 243 g/mol. The van der Waals surface area contributed by atoms with Crippen molar-refractivity contribution < 1.29 is 39.8 Å². The second-order valence-electron chi connectivity index (χ2n) is 0.896. The fourth-order valence-electron chi connectivity index (χ4n) is 0. The van der Waals surface area contributed by atoms with Gasteiger partial charge < -0.3 is 4.79 Å². The molecule has 0 rings (SSSR count). The zero-order chi connectivity index (χ0) is 11.0. The zero-order valence-corrected chi connectivity index (χ0v) is 6.99. The number of hydrogen-bond donors (Lipinski definition) is 4. The first kappa shape index (κ1) is 23.3. The number of carbonyl (C=O) groups is 1. The third kappa shape index (κ3) is 8000. The molecule has 0 spiro atoms. The summed E-state index contributed by atoms with van der Waals surface area (Å²) in [5, 5.41) is 0. The topological polar surface area (TPSA) is 166 Å². The van der Waals surface area contributed by atoms with Gasteiger partial charge in [0.25, 0.3) is 0 Å². The summed E-state index contributed by atoms with van der Waals surface area (Å²) >= 11 is 0. The van der Waals surface area contributed by atoms with Gasteiger partial charge >= 0.3 is 50.4 Å². The summed E-state index contributed by atoms with van der Waals surface area (Å²) in [4.78, 5) is 8.00. The number of rotatable bonds is 0. The second kappa shape index (κ2) is 10.5. The molecule has 0 unspecified atom stereocenters. The average molecular weight is 250 g/mol. The van der Waals surface area contributed by atoms with E-state index >= 15 is 0 Å². The van der Waals surface area contributed by atoms with E-state index in [2.05, 4.69) is 0 Å². The van der Waals surface area contributed by atoms with Gasteiger partial charge in [0.15, 0.2) is 0 Å². The molecule has 0 aromatic carbocycles. The van der Waals surface area contributed by atoms with Crippen LogP contribution in [0.15, 0.2) is 0 Å².